The van der Waals surface area contributed by atoms with E-state index in [4.69, 9.17) is 5.11 Å². The number of likely N-dealkylation sites (N-methyl/N-ethyl adjacent to an activating group) is 1. The lowest BCUT2D eigenvalue weighted by atomic mass is 10.2. The standard InChI is InChI=1S/C13H14N2O4S/c1-14-4-5-15(7-11(14)16)13(19)9-6-10(20-8-9)2-3-12(17)18/h2-3,6,8H,4-5,7H2,1H3,(H,17,18). The van der Waals surface area contributed by atoms with Gasteiger partial charge in [0.25, 0.3) is 5.91 Å². The van der Waals surface area contributed by atoms with Crippen LogP contribution in [-0.2, 0) is 9.59 Å². The molecule has 0 aromatic carbocycles. The van der Waals surface area contributed by atoms with Crippen molar-refractivity contribution in [3.63, 3.8) is 0 Å². The number of carboxylic acids is 1. The quantitative estimate of drug-likeness (QED) is 0.835. The molecule has 0 atom stereocenters. The third-order valence-corrected chi connectivity index (χ3v) is 3.90. The van der Waals surface area contributed by atoms with Crippen molar-refractivity contribution in [3.8, 4) is 0 Å². The van der Waals surface area contributed by atoms with Gasteiger partial charge in [0, 0.05) is 36.5 Å². The van der Waals surface area contributed by atoms with E-state index in [0.717, 1.165) is 6.08 Å². The Labute approximate surface area is 119 Å². The molecule has 1 fully saturated rings. The van der Waals surface area contributed by atoms with Gasteiger partial charge in [-0.3, -0.25) is 9.59 Å². The van der Waals surface area contributed by atoms with Crippen molar-refractivity contribution in [2.45, 2.75) is 0 Å². The van der Waals surface area contributed by atoms with E-state index < -0.39 is 5.97 Å². The van der Waals surface area contributed by atoms with Crippen LogP contribution in [-0.4, -0.2) is 59.4 Å². The maximum Gasteiger partial charge on any atom is 0.328 e. The molecule has 6 nitrogen and oxygen atoms in total. The van der Waals surface area contributed by atoms with E-state index in [-0.39, 0.29) is 18.4 Å². The second-order valence-corrected chi connectivity index (χ2v) is 5.39. The van der Waals surface area contributed by atoms with Crippen LogP contribution < -0.4 is 0 Å². The lowest BCUT2D eigenvalue weighted by Crippen LogP contribution is -2.50. The fourth-order valence-electron chi connectivity index (χ4n) is 1.82. The fraction of sp³-hybridized carbons (Fsp3) is 0.308. The van der Waals surface area contributed by atoms with Gasteiger partial charge in [-0.2, -0.15) is 0 Å². The summed E-state index contributed by atoms with van der Waals surface area (Å²) in [6, 6.07) is 1.63. The molecule has 1 aromatic heterocycles. The highest BCUT2D eigenvalue weighted by Gasteiger charge is 2.25. The number of thiophene rings is 1. The average Bonchev–Trinajstić information content (AvgIpc) is 2.87. The maximum absolute atomic E-state index is 12.2. The Hall–Kier alpha value is -2.15. The van der Waals surface area contributed by atoms with Crippen LogP contribution >= 0.6 is 11.3 Å². The maximum atomic E-state index is 12.2. The van der Waals surface area contributed by atoms with Gasteiger partial charge in [0.05, 0.1) is 5.56 Å². The van der Waals surface area contributed by atoms with Gasteiger partial charge in [0.2, 0.25) is 5.91 Å². The molecule has 1 aliphatic rings. The van der Waals surface area contributed by atoms with Gasteiger partial charge in [-0.25, -0.2) is 4.79 Å². The zero-order valence-electron chi connectivity index (χ0n) is 10.9. The van der Waals surface area contributed by atoms with Crippen molar-refractivity contribution in [1.29, 1.82) is 0 Å². The molecule has 2 rings (SSSR count). The van der Waals surface area contributed by atoms with Crippen LogP contribution in [0.5, 0.6) is 0 Å². The first-order chi connectivity index (χ1) is 9.47. The minimum Gasteiger partial charge on any atom is -0.478 e. The molecule has 1 aromatic rings. The zero-order valence-corrected chi connectivity index (χ0v) is 11.7. The minimum atomic E-state index is -1.03. The second kappa shape index (κ2) is 5.87. The summed E-state index contributed by atoms with van der Waals surface area (Å²) in [5.74, 6) is -1.31. The van der Waals surface area contributed by atoms with Gasteiger partial charge in [0.1, 0.15) is 6.54 Å². The zero-order chi connectivity index (χ0) is 14.7. The van der Waals surface area contributed by atoms with E-state index in [1.165, 1.54) is 22.3 Å². The van der Waals surface area contributed by atoms with Gasteiger partial charge in [-0.1, -0.05) is 0 Å². The number of carbonyl (C=O) groups excluding carboxylic acids is 2. The highest BCUT2D eigenvalue weighted by Crippen LogP contribution is 2.18. The molecule has 2 amide bonds. The molecule has 7 heteroatoms. The van der Waals surface area contributed by atoms with Crippen LogP contribution in [0.15, 0.2) is 17.5 Å². The van der Waals surface area contributed by atoms with Crippen molar-refractivity contribution < 1.29 is 19.5 Å². The van der Waals surface area contributed by atoms with Gasteiger partial charge in [-0.05, 0) is 12.1 Å². The van der Waals surface area contributed by atoms with E-state index >= 15 is 0 Å². The number of carbonyl (C=O) groups is 3. The Morgan fingerprint density at radius 3 is 2.80 bits per heavy atom. The summed E-state index contributed by atoms with van der Waals surface area (Å²) in [6.07, 6.45) is 2.47. The molecule has 0 unspecified atom stereocenters. The molecule has 1 saturated heterocycles. The molecule has 0 bridgehead atoms. The lowest BCUT2D eigenvalue weighted by molar-refractivity contribution is -0.133. The van der Waals surface area contributed by atoms with Gasteiger partial charge < -0.3 is 14.9 Å². The van der Waals surface area contributed by atoms with Crippen LogP contribution in [0.2, 0.25) is 0 Å². The Morgan fingerprint density at radius 1 is 1.40 bits per heavy atom. The van der Waals surface area contributed by atoms with Gasteiger partial charge in [0.15, 0.2) is 0 Å². The van der Waals surface area contributed by atoms with Crippen LogP contribution in [0.1, 0.15) is 15.2 Å². The number of hydrogen-bond donors (Lipinski definition) is 1. The largest absolute Gasteiger partial charge is 0.478 e. The van der Waals surface area contributed by atoms with Crippen LogP contribution in [0, 0.1) is 0 Å². The molecular weight excluding hydrogens is 280 g/mol. The van der Waals surface area contributed by atoms with Crippen molar-refractivity contribution in [3.05, 3.63) is 28.0 Å². The Bertz CT molecular complexity index is 579. The third kappa shape index (κ3) is 3.24. The summed E-state index contributed by atoms with van der Waals surface area (Å²) >= 11 is 1.29. The normalized spacial score (nSPS) is 15.9. The summed E-state index contributed by atoms with van der Waals surface area (Å²) in [5, 5.41) is 10.2. The number of piperazine rings is 1. The van der Waals surface area contributed by atoms with Crippen molar-refractivity contribution in [1.82, 2.24) is 9.80 Å². The van der Waals surface area contributed by atoms with Crippen LogP contribution in [0.4, 0.5) is 0 Å². The summed E-state index contributed by atoms with van der Waals surface area (Å²) in [5.41, 5.74) is 0.484. The molecule has 0 aliphatic carbocycles. The first-order valence-corrected chi connectivity index (χ1v) is 6.88. The van der Waals surface area contributed by atoms with Crippen LogP contribution in [0.3, 0.4) is 0 Å². The van der Waals surface area contributed by atoms with E-state index in [0.29, 0.717) is 23.5 Å². The molecular formula is C13H14N2O4S. The first-order valence-electron chi connectivity index (χ1n) is 6.00. The molecule has 1 N–H and O–H groups in total. The molecule has 106 valence electrons. The number of amides is 2. The van der Waals surface area contributed by atoms with Crippen LogP contribution in [0.25, 0.3) is 6.08 Å². The van der Waals surface area contributed by atoms with Gasteiger partial charge >= 0.3 is 5.97 Å². The van der Waals surface area contributed by atoms with E-state index in [1.54, 1.807) is 23.4 Å². The van der Waals surface area contributed by atoms with E-state index in [9.17, 15) is 14.4 Å². The summed E-state index contributed by atoms with van der Waals surface area (Å²) in [6.45, 7) is 1.13. The molecule has 2 heterocycles. The summed E-state index contributed by atoms with van der Waals surface area (Å²) < 4.78 is 0. The van der Waals surface area contributed by atoms with E-state index in [2.05, 4.69) is 0 Å². The topological polar surface area (TPSA) is 77.9 Å². The number of rotatable bonds is 3. The number of aliphatic carboxylic acids is 1. The smallest absolute Gasteiger partial charge is 0.328 e. The lowest BCUT2D eigenvalue weighted by Gasteiger charge is -2.31. The minimum absolute atomic E-state index is 0.0779. The Kier molecular flexibility index (Phi) is 4.19. The predicted molar refractivity (Wildman–Crippen MR) is 74.5 cm³/mol. The molecule has 1 aliphatic heterocycles. The fourth-order valence-corrected chi connectivity index (χ4v) is 2.59. The SMILES string of the molecule is CN1CCN(C(=O)c2csc(C=CC(=O)O)c2)CC1=O. The second-order valence-electron chi connectivity index (χ2n) is 4.45. The summed E-state index contributed by atoms with van der Waals surface area (Å²) in [4.78, 5) is 38.0. The van der Waals surface area contributed by atoms with Crippen molar-refractivity contribution in [2.75, 3.05) is 26.7 Å². The monoisotopic (exact) mass is 294 g/mol. The summed E-state index contributed by atoms with van der Waals surface area (Å²) in [7, 11) is 1.71. The number of hydrogen-bond acceptors (Lipinski definition) is 4. The molecule has 0 spiro atoms. The third-order valence-electron chi connectivity index (χ3n) is 3.00. The number of nitrogens with zero attached hydrogens (tertiary/aromatic N) is 2. The predicted octanol–water partition coefficient (Wildman–Crippen LogP) is 0.760. The number of carboxylic acid groups (broad SMARTS) is 1. The molecule has 0 radical (unpaired) electrons. The van der Waals surface area contributed by atoms with Gasteiger partial charge in [-0.15, -0.1) is 11.3 Å². The highest BCUT2D eigenvalue weighted by molar-refractivity contribution is 7.11. The molecule has 20 heavy (non-hydrogen) atoms. The average molecular weight is 294 g/mol. The molecule has 0 saturated carbocycles. The van der Waals surface area contributed by atoms with Crippen molar-refractivity contribution in [2.24, 2.45) is 0 Å². The Balaban J connectivity index is 2.06. The Morgan fingerprint density at radius 2 is 2.15 bits per heavy atom. The van der Waals surface area contributed by atoms with E-state index in [1.807, 2.05) is 0 Å². The van der Waals surface area contributed by atoms with Crippen molar-refractivity contribution >= 4 is 35.2 Å². The first kappa shape index (κ1) is 14.3. The highest BCUT2D eigenvalue weighted by atomic mass is 32.1.